The monoisotopic (exact) mass is 322 g/mol. The van der Waals surface area contributed by atoms with Crippen LogP contribution in [0.5, 0.6) is 0 Å². The Kier molecular flexibility index (Phi) is 4.06. The molecule has 0 aromatic rings. The average molecular weight is 322 g/mol. The van der Waals surface area contributed by atoms with Crippen molar-refractivity contribution < 1.29 is 15.2 Å². The van der Waals surface area contributed by atoms with Gasteiger partial charge in [-0.15, -0.1) is 0 Å². The first-order valence-corrected chi connectivity index (χ1v) is 9.96. The van der Waals surface area contributed by atoms with Crippen molar-refractivity contribution in [3.63, 3.8) is 0 Å². The highest BCUT2D eigenvalue weighted by Crippen LogP contribution is 2.67. The van der Waals surface area contributed by atoms with Crippen LogP contribution in [0.15, 0.2) is 0 Å². The minimum Gasteiger partial charge on any atom is -0.221 e. The van der Waals surface area contributed by atoms with E-state index in [4.69, 9.17) is 10.1 Å². The van der Waals surface area contributed by atoms with Crippen molar-refractivity contribution >= 4 is 0 Å². The van der Waals surface area contributed by atoms with Gasteiger partial charge in [0.25, 0.3) is 0 Å². The Morgan fingerprint density at radius 2 is 1.61 bits per heavy atom. The lowest BCUT2D eigenvalue weighted by molar-refractivity contribution is -0.509. The van der Waals surface area contributed by atoms with E-state index in [1.165, 1.54) is 44.9 Å². The molecule has 0 radical (unpaired) electrons. The molecule has 0 aliphatic heterocycles. The number of fused-ring (bicyclic) bond motifs is 5. The van der Waals surface area contributed by atoms with Crippen molar-refractivity contribution in [3.8, 4) is 0 Å². The summed E-state index contributed by atoms with van der Waals surface area (Å²) in [6, 6.07) is 0. The Labute approximate surface area is 141 Å². The van der Waals surface area contributed by atoms with Crippen LogP contribution < -0.4 is 0 Å². The van der Waals surface area contributed by atoms with Gasteiger partial charge in [0.05, 0.1) is 6.10 Å². The van der Waals surface area contributed by atoms with Gasteiger partial charge in [-0.05, 0) is 98.2 Å². The molecule has 0 bridgehead atoms. The van der Waals surface area contributed by atoms with E-state index in [2.05, 4.69) is 25.8 Å². The van der Waals surface area contributed by atoms with Crippen LogP contribution in [0, 0.1) is 40.4 Å². The minimum absolute atomic E-state index is 0.0926. The van der Waals surface area contributed by atoms with Crippen molar-refractivity contribution in [1.29, 1.82) is 0 Å². The Morgan fingerprint density at radius 3 is 2.39 bits per heavy atom. The van der Waals surface area contributed by atoms with Gasteiger partial charge in [-0.2, -0.15) is 0 Å². The van der Waals surface area contributed by atoms with E-state index in [1.54, 1.807) is 0 Å². The number of hydrogen-bond donors (Lipinski definition) is 1. The lowest BCUT2D eigenvalue weighted by Gasteiger charge is -2.61. The highest BCUT2D eigenvalue weighted by atomic mass is 17.5. The van der Waals surface area contributed by atoms with Gasteiger partial charge in [0.2, 0.25) is 0 Å². The summed E-state index contributed by atoms with van der Waals surface area (Å²) in [5.74, 6) is 4.53. The molecular formula is C20H34O3. The van der Waals surface area contributed by atoms with Crippen LogP contribution in [-0.2, 0) is 9.93 Å². The normalized spacial score (nSPS) is 55.8. The summed E-state index contributed by atoms with van der Waals surface area (Å²) in [6.07, 6.45) is 12.0. The molecule has 23 heavy (non-hydrogen) atoms. The van der Waals surface area contributed by atoms with Gasteiger partial charge in [0.1, 0.15) is 0 Å². The first-order chi connectivity index (χ1) is 11.0. The lowest BCUT2D eigenvalue weighted by Crippen LogP contribution is -2.53. The Hall–Kier alpha value is -0.120. The van der Waals surface area contributed by atoms with Crippen LogP contribution in [0.1, 0.15) is 78.6 Å². The first kappa shape index (κ1) is 16.4. The van der Waals surface area contributed by atoms with Crippen molar-refractivity contribution in [2.24, 2.45) is 40.4 Å². The molecule has 3 unspecified atom stereocenters. The quantitative estimate of drug-likeness (QED) is 0.542. The second-order valence-electron chi connectivity index (χ2n) is 9.75. The van der Waals surface area contributed by atoms with Gasteiger partial charge >= 0.3 is 0 Å². The van der Waals surface area contributed by atoms with Crippen molar-refractivity contribution in [2.45, 2.75) is 84.7 Å². The molecule has 0 amide bonds. The molecule has 8 atom stereocenters. The highest BCUT2D eigenvalue weighted by molar-refractivity contribution is 5.08. The third-order valence-corrected chi connectivity index (χ3v) is 9.27. The van der Waals surface area contributed by atoms with Crippen LogP contribution in [0.2, 0.25) is 0 Å². The van der Waals surface area contributed by atoms with Gasteiger partial charge in [0.15, 0.2) is 0 Å². The summed E-state index contributed by atoms with van der Waals surface area (Å²) in [4.78, 5) is 5.07. The molecule has 4 fully saturated rings. The lowest BCUT2D eigenvalue weighted by atomic mass is 9.45. The van der Waals surface area contributed by atoms with Gasteiger partial charge in [-0.3, -0.25) is 0 Å². The molecule has 4 saturated carbocycles. The topological polar surface area (TPSA) is 38.7 Å². The molecule has 4 aliphatic carbocycles. The summed E-state index contributed by atoms with van der Waals surface area (Å²) in [6.45, 7) is 7.68. The fraction of sp³-hybridized carbons (Fsp3) is 1.00. The van der Waals surface area contributed by atoms with Gasteiger partial charge in [-0.1, -0.05) is 25.8 Å². The summed E-state index contributed by atoms with van der Waals surface area (Å²) >= 11 is 0. The molecular weight excluding hydrogens is 288 g/mol. The van der Waals surface area contributed by atoms with E-state index >= 15 is 0 Å². The summed E-state index contributed by atoms with van der Waals surface area (Å²) in [7, 11) is 0. The smallest absolute Gasteiger partial charge is 0.0964 e. The minimum atomic E-state index is 0.0926. The SMILES string of the molecule is C[C@H]1CCC2C3CC[C@H]4C[C@@H](OOO)CC[C@]4(C)C3CC[C@@]21C. The Bertz CT molecular complexity index is 452. The summed E-state index contributed by atoms with van der Waals surface area (Å²) in [5.41, 5.74) is 1.11. The van der Waals surface area contributed by atoms with E-state index in [0.717, 1.165) is 42.4 Å². The van der Waals surface area contributed by atoms with E-state index in [0.29, 0.717) is 10.8 Å². The van der Waals surface area contributed by atoms with E-state index in [-0.39, 0.29) is 6.10 Å². The van der Waals surface area contributed by atoms with Crippen molar-refractivity contribution in [1.82, 2.24) is 0 Å². The highest BCUT2D eigenvalue weighted by Gasteiger charge is 2.59. The fourth-order valence-electron chi connectivity index (χ4n) is 7.63. The average Bonchev–Trinajstić information content (AvgIpc) is 2.84. The maximum Gasteiger partial charge on any atom is 0.0964 e. The third kappa shape index (κ3) is 2.33. The molecule has 132 valence electrons. The van der Waals surface area contributed by atoms with Crippen LogP contribution in [0.3, 0.4) is 0 Å². The predicted molar refractivity (Wildman–Crippen MR) is 89.5 cm³/mol. The molecule has 3 heteroatoms. The molecule has 0 heterocycles. The maximum atomic E-state index is 8.60. The first-order valence-electron chi connectivity index (χ1n) is 9.96. The second kappa shape index (κ2) is 5.71. The summed E-state index contributed by atoms with van der Waals surface area (Å²) in [5, 5.41) is 12.6. The molecule has 1 N–H and O–H groups in total. The molecule has 0 spiro atoms. The van der Waals surface area contributed by atoms with E-state index in [1.807, 2.05) is 0 Å². The van der Waals surface area contributed by atoms with Gasteiger partial charge in [-0.25, -0.2) is 10.1 Å². The van der Waals surface area contributed by atoms with Crippen LogP contribution in [0.25, 0.3) is 0 Å². The largest absolute Gasteiger partial charge is 0.221 e. The van der Waals surface area contributed by atoms with Crippen LogP contribution in [0.4, 0.5) is 0 Å². The molecule has 4 aliphatic rings. The molecule has 0 aromatic carbocycles. The summed E-state index contributed by atoms with van der Waals surface area (Å²) < 4.78 is 0. The zero-order valence-corrected chi connectivity index (χ0v) is 15.1. The maximum absolute atomic E-state index is 8.60. The standard InChI is InChI=1S/C20H34O3/c1-13-4-7-17-16-6-5-14-12-15(22-23-21)8-10-20(14,3)18(16)9-11-19(13,17)2/h13-18,21H,4-12H2,1-3H3/t13-,14-,15-,16?,17?,18?,19+,20-/m0/s1. The third-order valence-electron chi connectivity index (χ3n) is 9.27. The number of hydrogen-bond acceptors (Lipinski definition) is 3. The predicted octanol–water partition coefficient (Wildman–Crippen LogP) is 5.46. The zero-order valence-electron chi connectivity index (χ0n) is 15.1. The van der Waals surface area contributed by atoms with E-state index in [9.17, 15) is 0 Å². The van der Waals surface area contributed by atoms with Gasteiger partial charge in [0, 0.05) is 0 Å². The number of rotatable bonds is 2. The zero-order chi connectivity index (χ0) is 16.2. The molecule has 4 rings (SSSR count). The second-order valence-corrected chi connectivity index (χ2v) is 9.75. The van der Waals surface area contributed by atoms with Crippen molar-refractivity contribution in [3.05, 3.63) is 0 Å². The van der Waals surface area contributed by atoms with Crippen LogP contribution >= 0.6 is 0 Å². The molecule has 3 nitrogen and oxygen atoms in total. The van der Waals surface area contributed by atoms with Crippen molar-refractivity contribution in [2.75, 3.05) is 0 Å². The fourth-order valence-corrected chi connectivity index (χ4v) is 7.63. The van der Waals surface area contributed by atoms with Gasteiger partial charge < -0.3 is 0 Å². The Morgan fingerprint density at radius 1 is 0.870 bits per heavy atom. The van der Waals surface area contributed by atoms with E-state index < -0.39 is 0 Å². The molecule has 0 aromatic heterocycles. The molecule has 0 saturated heterocycles. The van der Waals surface area contributed by atoms with Crippen LogP contribution in [-0.4, -0.2) is 11.4 Å². The Balaban J connectivity index is 1.55.